The molecule has 9 heteroatoms. The Morgan fingerprint density at radius 1 is 1.39 bits per heavy atom. The number of anilines is 1. The smallest absolute Gasteiger partial charge is 0.404 e. The number of halogens is 1. The molecule has 0 aromatic heterocycles. The summed E-state index contributed by atoms with van der Waals surface area (Å²) in [6, 6.07) is 3.15. The Balaban J connectivity index is 2.03. The molecule has 0 heterocycles. The highest BCUT2D eigenvalue weighted by molar-refractivity contribution is 9.10. The van der Waals surface area contributed by atoms with E-state index >= 15 is 0 Å². The molecule has 2 rings (SSSR count). The fourth-order valence-electron chi connectivity index (χ4n) is 2.71. The number of ether oxygens (including phenoxy) is 1. The van der Waals surface area contributed by atoms with Gasteiger partial charge in [0.2, 0.25) is 0 Å². The van der Waals surface area contributed by atoms with Gasteiger partial charge in [0.15, 0.2) is 0 Å². The van der Waals surface area contributed by atoms with E-state index in [1.807, 2.05) is 0 Å². The highest BCUT2D eigenvalue weighted by Gasteiger charge is 2.25. The minimum atomic E-state index is -1.01. The lowest BCUT2D eigenvalue weighted by Gasteiger charge is -2.29. The summed E-state index contributed by atoms with van der Waals surface area (Å²) in [7, 11) is 1.61. The lowest BCUT2D eigenvalue weighted by atomic mass is 9.93. The third-order valence-corrected chi connectivity index (χ3v) is 4.40. The van der Waals surface area contributed by atoms with Crippen molar-refractivity contribution in [3.63, 3.8) is 0 Å². The van der Waals surface area contributed by atoms with E-state index in [4.69, 9.17) is 9.84 Å². The second-order valence-electron chi connectivity index (χ2n) is 5.35. The van der Waals surface area contributed by atoms with Crippen LogP contribution in [0.3, 0.4) is 0 Å². The predicted octanol–water partition coefficient (Wildman–Crippen LogP) is 3.36. The second kappa shape index (κ2) is 7.49. The molecule has 1 aromatic rings. The van der Waals surface area contributed by atoms with Crippen LogP contribution in [0.2, 0.25) is 0 Å². The Morgan fingerprint density at radius 3 is 2.57 bits per heavy atom. The van der Waals surface area contributed by atoms with E-state index in [-0.39, 0.29) is 17.8 Å². The zero-order valence-corrected chi connectivity index (χ0v) is 14.1. The number of rotatable bonds is 5. The predicted molar refractivity (Wildman–Crippen MR) is 88.2 cm³/mol. The average molecular weight is 388 g/mol. The Hall–Kier alpha value is -2.03. The molecule has 0 bridgehead atoms. The van der Waals surface area contributed by atoms with Crippen LogP contribution in [0.15, 0.2) is 16.6 Å². The van der Waals surface area contributed by atoms with E-state index in [2.05, 4.69) is 26.6 Å². The lowest BCUT2D eigenvalue weighted by molar-refractivity contribution is -0.384. The summed E-state index contributed by atoms with van der Waals surface area (Å²) >= 11 is 3.20. The molecule has 1 amide bonds. The number of nitro benzene ring substituents is 1. The quantitative estimate of drug-likeness (QED) is 0.527. The van der Waals surface area contributed by atoms with Crippen LogP contribution >= 0.6 is 15.9 Å². The van der Waals surface area contributed by atoms with Gasteiger partial charge < -0.3 is 20.5 Å². The van der Waals surface area contributed by atoms with Gasteiger partial charge in [-0.25, -0.2) is 4.79 Å². The Kier molecular flexibility index (Phi) is 5.64. The van der Waals surface area contributed by atoms with Gasteiger partial charge in [0.05, 0.1) is 11.0 Å². The van der Waals surface area contributed by atoms with Gasteiger partial charge in [0.25, 0.3) is 0 Å². The summed E-state index contributed by atoms with van der Waals surface area (Å²) in [5.74, 6) is 0.543. The van der Waals surface area contributed by atoms with Gasteiger partial charge in [0, 0.05) is 25.2 Å². The van der Waals surface area contributed by atoms with E-state index in [1.165, 1.54) is 0 Å². The molecule has 0 spiro atoms. The largest absolute Gasteiger partial charge is 0.490 e. The molecular formula is C14H18BrN3O5. The number of carbonyl (C=O) groups is 1. The molecule has 126 valence electrons. The van der Waals surface area contributed by atoms with Crippen molar-refractivity contribution in [1.82, 2.24) is 5.32 Å². The van der Waals surface area contributed by atoms with Gasteiger partial charge in [-0.3, -0.25) is 10.1 Å². The third kappa shape index (κ3) is 4.47. The number of benzene rings is 1. The van der Waals surface area contributed by atoms with Crippen LogP contribution in [-0.4, -0.2) is 35.3 Å². The van der Waals surface area contributed by atoms with Crippen molar-refractivity contribution in [3.05, 3.63) is 26.7 Å². The topological polar surface area (TPSA) is 114 Å². The van der Waals surface area contributed by atoms with Gasteiger partial charge in [-0.05, 0) is 41.6 Å². The monoisotopic (exact) mass is 387 g/mol. The molecule has 8 nitrogen and oxygen atoms in total. The van der Waals surface area contributed by atoms with Crippen LogP contribution in [0.1, 0.15) is 25.7 Å². The zero-order valence-electron chi connectivity index (χ0n) is 12.5. The highest BCUT2D eigenvalue weighted by atomic mass is 79.9. The maximum atomic E-state index is 11.1. The lowest BCUT2D eigenvalue weighted by Crippen LogP contribution is -2.38. The molecule has 1 aliphatic carbocycles. The number of nitro groups is 1. The standard InChI is InChI=1S/C14H18BrN3O5/c1-16-12-7-10(6-11(15)13(12)18(21)22)23-9-4-2-8(3-5-9)17-14(19)20/h6-9,16-17H,2-5H2,1H3,(H,19,20)/t8-,9+. The van der Waals surface area contributed by atoms with Crippen molar-refractivity contribution >= 4 is 33.4 Å². The average Bonchev–Trinajstić information content (AvgIpc) is 2.47. The second-order valence-corrected chi connectivity index (χ2v) is 6.20. The van der Waals surface area contributed by atoms with Gasteiger partial charge in [0.1, 0.15) is 15.9 Å². The van der Waals surface area contributed by atoms with Gasteiger partial charge in [-0.1, -0.05) is 0 Å². The van der Waals surface area contributed by atoms with E-state index in [0.29, 0.717) is 28.8 Å². The molecule has 0 radical (unpaired) electrons. The number of carboxylic acid groups (broad SMARTS) is 1. The number of nitrogens with zero attached hydrogens (tertiary/aromatic N) is 1. The van der Waals surface area contributed by atoms with Crippen LogP contribution in [0, 0.1) is 10.1 Å². The van der Waals surface area contributed by atoms with E-state index in [9.17, 15) is 14.9 Å². The normalized spacial score (nSPS) is 20.6. The molecule has 0 aliphatic heterocycles. The summed E-state index contributed by atoms with van der Waals surface area (Å²) in [4.78, 5) is 21.2. The van der Waals surface area contributed by atoms with E-state index < -0.39 is 11.0 Å². The van der Waals surface area contributed by atoms with Crippen LogP contribution < -0.4 is 15.4 Å². The maximum Gasteiger partial charge on any atom is 0.404 e. The van der Waals surface area contributed by atoms with Crippen molar-refractivity contribution in [3.8, 4) is 5.75 Å². The molecule has 0 saturated heterocycles. The summed E-state index contributed by atoms with van der Waals surface area (Å²) in [6.07, 6.45) is 1.85. The first-order chi connectivity index (χ1) is 10.9. The highest BCUT2D eigenvalue weighted by Crippen LogP contribution is 2.37. The number of nitrogens with one attached hydrogen (secondary N) is 2. The minimum absolute atomic E-state index is 0.0279. The van der Waals surface area contributed by atoms with Crippen molar-refractivity contribution in [2.24, 2.45) is 0 Å². The van der Waals surface area contributed by atoms with Crippen molar-refractivity contribution in [1.29, 1.82) is 0 Å². The summed E-state index contributed by atoms with van der Waals surface area (Å²) in [5, 5.41) is 25.1. The fourth-order valence-corrected chi connectivity index (χ4v) is 3.29. The van der Waals surface area contributed by atoms with Crippen molar-refractivity contribution < 1.29 is 19.6 Å². The van der Waals surface area contributed by atoms with Gasteiger partial charge in [-0.15, -0.1) is 0 Å². The first kappa shape index (κ1) is 17.3. The maximum absolute atomic E-state index is 11.1. The van der Waals surface area contributed by atoms with Crippen molar-refractivity contribution in [2.75, 3.05) is 12.4 Å². The number of hydrogen-bond donors (Lipinski definition) is 3. The molecule has 1 saturated carbocycles. The molecule has 23 heavy (non-hydrogen) atoms. The molecular weight excluding hydrogens is 370 g/mol. The van der Waals surface area contributed by atoms with Gasteiger partial charge in [-0.2, -0.15) is 0 Å². The first-order valence-corrected chi connectivity index (χ1v) is 8.01. The Labute approximate surface area is 141 Å². The first-order valence-electron chi connectivity index (χ1n) is 7.22. The Morgan fingerprint density at radius 2 is 2.04 bits per heavy atom. The molecule has 3 N–H and O–H groups in total. The van der Waals surface area contributed by atoms with Crippen LogP contribution in [0.5, 0.6) is 5.75 Å². The number of amides is 1. The molecule has 0 unspecified atom stereocenters. The Bertz CT molecular complexity index is 602. The summed E-state index contributed by atoms with van der Waals surface area (Å²) in [6.45, 7) is 0. The van der Waals surface area contributed by atoms with Crippen LogP contribution in [0.25, 0.3) is 0 Å². The fraction of sp³-hybridized carbons (Fsp3) is 0.500. The molecule has 1 aromatic carbocycles. The van der Waals surface area contributed by atoms with Crippen LogP contribution in [0.4, 0.5) is 16.2 Å². The van der Waals surface area contributed by atoms with Crippen molar-refractivity contribution in [2.45, 2.75) is 37.8 Å². The number of hydrogen-bond acceptors (Lipinski definition) is 5. The van der Waals surface area contributed by atoms with Crippen LogP contribution in [-0.2, 0) is 0 Å². The molecule has 1 fully saturated rings. The van der Waals surface area contributed by atoms with E-state index in [1.54, 1.807) is 19.2 Å². The van der Waals surface area contributed by atoms with Gasteiger partial charge >= 0.3 is 11.8 Å². The minimum Gasteiger partial charge on any atom is -0.490 e. The zero-order chi connectivity index (χ0) is 17.0. The van der Waals surface area contributed by atoms with E-state index in [0.717, 1.165) is 12.8 Å². The summed E-state index contributed by atoms with van der Waals surface area (Å²) in [5.41, 5.74) is 0.342. The molecule has 0 atom stereocenters. The molecule has 1 aliphatic rings. The third-order valence-electron chi connectivity index (χ3n) is 3.79. The summed E-state index contributed by atoms with van der Waals surface area (Å²) < 4.78 is 6.25. The SMILES string of the molecule is CNc1cc(O[C@H]2CC[C@@H](NC(=O)O)CC2)cc(Br)c1[N+](=O)[O-].